The summed E-state index contributed by atoms with van der Waals surface area (Å²) in [6.45, 7) is 10.2. The molecule has 0 unspecified atom stereocenters. The number of carbonyl (C=O) groups is 1. The quantitative estimate of drug-likeness (QED) is 0.847. The molecule has 1 heterocycles. The molecule has 1 saturated heterocycles. The Hall–Kier alpha value is -1.39. The molecule has 1 fully saturated rings. The van der Waals surface area contributed by atoms with Gasteiger partial charge in [-0.3, -0.25) is 4.79 Å². The number of carbonyl (C=O) groups excluding carboxylic acids is 1. The van der Waals surface area contributed by atoms with E-state index in [0.717, 1.165) is 38.3 Å². The Balaban J connectivity index is 2.02. The Morgan fingerprint density at radius 3 is 2.65 bits per heavy atom. The van der Waals surface area contributed by atoms with E-state index >= 15 is 0 Å². The van der Waals surface area contributed by atoms with E-state index < -0.39 is 0 Å². The van der Waals surface area contributed by atoms with Gasteiger partial charge in [0.15, 0.2) is 0 Å². The van der Waals surface area contributed by atoms with Crippen LogP contribution in [0.25, 0.3) is 0 Å². The van der Waals surface area contributed by atoms with E-state index in [0.29, 0.717) is 5.92 Å². The van der Waals surface area contributed by atoms with E-state index in [4.69, 9.17) is 5.73 Å². The van der Waals surface area contributed by atoms with Gasteiger partial charge >= 0.3 is 0 Å². The number of anilines is 1. The van der Waals surface area contributed by atoms with E-state index in [2.05, 4.69) is 29.3 Å². The number of amides is 1. The summed E-state index contributed by atoms with van der Waals surface area (Å²) in [5.41, 5.74) is 9.18. The van der Waals surface area contributed by atoms with Crippen LogP contribution in [-0.2, 0) is 4.79 Å². The number of nitrogens with one attached hydrogen (secondary N) is 1. The molecule has 1 amide bonds. The lowest BCUT2D eigenvalue weighted by atomic mass is 9.86. The van der Waals surface area contributed by atoms with Gasteiger partial charge in [0.2, 0.25) is 5.91 Å². The van der Waals surface area contributed by atoms with Gasteiger partial charge < -0.3 is 16.0 Å². The molecule has 23 heavy (non-hydrogen) atoms. The summed E-state index contributed by atoms with van der Waals surface area (Å²) in [5, 5.41) is 3.06. The smallest absolute Gasteiger partial charge is 0.226 e. The summed E-state index contributed by atoms with van der Waals surface area (Å²) in [4.78, 5) is 14.5. The number of hydrogen-bond acceptors (Lipinski definition) is 3. The molecule has 3 N–H and O–H groups in total. The highest BCUT2D eigenvalue weighted by Crippen LogP contribution is 2.33. The number of likely N-dealkylation sites (tertiary alicyclic amines) is 1. The minimum absolute atomic E-state index is 0.00356. The molecule has 4 nitrogen and oxygen atoms in total. The van der Waals surface area contributed by atoms with Gasteiger partial charge in [-0.2, -0.15) is 0 Å². The maximum atomic E-state index is 12.0. The van der Waals surface area contributed by atoms with Crippen LogP contribution in [0.3, 0.4) is 0 Å². The lowest BCUT2D eigenvalue weighted by molar-refractivity contribution is -0.118. The second kappa shape index (κ2) is 8.46. The summed E-state index contributed by atoms with van der Waals surface area (Å²) in [7, 11) is 0. The molecule has 0 bridgehead atoms. The molecule has 1 aromatic rings. The molecule has 1 aliphatic rings. The number of nitrogens with zero attached hydrogens (tertiary/aromatic N) is 1. The third kappa shape index (κ3) is 4.79. The predicted octanol–water partition coefficient (Wildman–Crippen LogP) is 3.12. The molecule has 0 aromatic heterocycles. The molecule has 0 saturated carbocycles. The molecule has 0 spiro atoms. The molecule has 0 aliphatic carbocycles. The SMILES string of the molecule is Cc1c(NC(=O)C(C)C)cccc1C1CCN(CCCN)CC1. The van der Waals surface area contributed by atoms with Gasteiger partial charge in [-0.25, -0.2) is 0 Å². The fraction of sp³-hybridized carbons (Fsp3) is 0.632. The molecule has 4 heteroatoms. The first-order valence-corrected chi connectivity index (χ1v) is 8.85. The van der Waals surface area contributed by atoms with Crippen molar-refractivity contribution in [2.24, 2.45) is 11.7 Å². The molecule has 1 aromatic carbocycles. The summed E-state index contributed by atoms with van der Waals surface area (Å²) >= 11 is 0. The van der Waals surface area contributed by atoms with E-state index in [1.807, 2.05) is 19.9 Å². The van der Waals surface area contributed by atoms with Crippen LogP contribution in [0, 0.1) is 12.8 Å². The van der Waals surface area contributed by atoms with Crippen LogP contribution >= 0.6 is 0 Å². The van der Waals surface area contributed by atoms with Crippen molar-refractivity contribution in [1.82, 2.24) is 4.90 Å². The van der Waals surface area contributed by atoms with Crippen LogP contribution < -0.4 is 11.1 Å². The second-order valence-corrected chi connectivity index (χ2v) is 6.92. The van der Waals surface area contributed by atoms with Crippen LogP contribution in [0.4, 0.5) is 5.69 Å². The zero-order valence-corrected chi connectivity index (χ0v) is 14.8. The molecule has 0 radical (unpaired) electrons. The minimum atomic E-state index is 0.00356. The van der Waals surface area contributed by atoms with Crippen LogP contribution in [0.15, 0.2) is 18.2 Å². The van der Waals surface area contributed by atoms with E-state index in [-0.39, 0.29) is 11.8 Å². The van der Waals surface area contributed by atoms with Crippen LogP contribution in [-0.4, -0.2) is 37.0 Å². The molecular weight excluding hydrogens is 286 g/mol. The van der Waals surface area contributed by atoms with Gasteiger partial charge in [0.05, 0.1) is 0 Å². The Morgan fingerprint density at radius 1 is 1.35 bits per heavy atom. The Kier molecular flexibility index (Phi) is 6.60. The zero-order valence-electron chi connectivity index (χ0n) is 14.8. The van der Waals surface area contributed by atoms with Gasteiger partial charge in [-0.15, -0.1) is 0 Å². The summed E-state index contributed by atoms with van der Waals surface area (Å²) in [6.07, 6.45) is 3.46. The number of hydrogen-bond donors (Lipinski definition) is 2. The van der Waals surface area contributed by atoms with Crippen molar-refractivity contribution in [2.75, 3.05) is 31.5 Å². The lowest BCUT2D eigenvalue weighted by Gasteiger charge is -2.33. The normalized spacial score (nSPS) is 16.7. The molecule has 0 atom stereocenters. The first kappa shape index (κ1) is 18.0. The molecule has 128 valence electrons. The topological polar surface area (TPSA) is 58.4 Å². The highest BCUT2D eigenvalue weighted by molar-refractivity contribution is 5.92. The second-order valence-electron chi connectivity index (χ2n) is 6.92. The van der Waals surface area contributed by atoms with Gasteiger partial charge in [-0.05, 0) is 75.5 Å². The fourth-order valence-electron chi connectivity index (χ4n) is 3.29. The molecular formula is C19H31N3O. The predicted molar refractivity (Wildman–Crippen MR) is 96.7 cm³/mol. The first-order valence-electron chi connectivity index (χ1n) is 8.85. The van der Waals surface area contributed by atoms with E-state index in [1.54, 1.807) is 0 Å². The van der Waals surface area contributed by atoms with Crippen molar-refractivity contribution in [1.29, 1.82) is 0 Å². The first-order chi connectivity index (χ1) is 11.0. The van der Waals surface area contributed by atoms with Crippen LogP contribution in [0.2, 0.25) is 0 Å². The monoisotopic (exact) mass is 317 g/mol. The largest absolute Gasteiger partial charge is 0.330 e. The number of piperidine rings is 1. The third-order valence-electron chi connectivity index (χ3n) is 4.86. The Morgan fingerprint density at radius 2 is 2.04 bits per heavy atom. The highest BCUT2D eigenvalue weighted by atomic mass is 16.1. The van der Waals surface area contributed by atoms with Crippen molar-refractivity contribution in [3.8, 4) is 0 Å². The Bertz CT molecular complexity index is 519. The molecule has 1 aliphatic heterocycles. The maximum Gasteiger partial charge on any atom is 0.226 e. The van der Waals surface area contributed by atoms with Crippen LogP contribution in [0.5, 0.6) is 0 Å². The minimum Gasteiger partial charge on any atom is -0.330 e. The summed E-state index contributed by atoms with van der Waals surface area (Å²) in [5.74, 6) is 0.686. The average molecular weight is 317 g/mol. The summed E-state index contributed by atoms with van der Waals surface area (Å²) in [6, 6.07) is 6.30. The van der Waals surface area contributed by atoms with Gasteiger partial charge in [0, 0.05) is 11.6 Å². The van der Waals surface area contributed by atoms with E-state index in [1.165, 1.54) is 24.0 Å². The highest BCUT2D eigenvalue weighted by Gasteiger charge is 2.22. The van der Waals surface area contributed by atoms with Gasteiger partial charge in [0.1, 0.15) is 0 Å². The van der Waals surface area contributed by atoms with E-state index in [9.17, 15) is 4.79 Å². The van der Waals surface area contributed by atoms with Crippen molar-refractivity contribution in [3.05, 3.63) is 29.3 Å². The number of nitrogens with two attached hydrogens (primary N) is 1. The summed E-state index contributed by atoms with van der Waals surface area (Å²) < 4.78 is 0. The Labute approximate surface area is 140 Å². The number of benzene rings is 1. The lowest BCUT2D eigenvalue weighted by Crippen LogP contribution is -2.34. The zero-order chi connectivity index (χ0) is 16.8. The number of rotatable bonds is 6. The van der Waals surface area contributed by atoms with Gasteiger partial charge in [-0.1, -0.05) is 26.0 Å². The standard InChI is InChI=1S/C19H31N3O/c1-14(2)19(23)21-18-7-4-6-17(15(18)3)16-8-12-22(13-9-16)11-5-10-20/h4,6-7,14,16H,5,8-13,20H2,1-3H3,(H,21,23). The van der Waals surface area contributed by atoms with Crippen LogP contribution in [0.1, 0.15) is 50.2 Å². The third-order valence-corrected chi connectivity index (χ3v) is 4.86. The van der Waals surface area contributed by atoms with Crippen molar-refractivity contribution < 1.29 is 4.79 Å². The maximum absolute atomic E-state index is 12.0. The van der Waals surface area contributed by atoms with Crippen molar-refractivity contribution in [3.63, 3.8) is 0 Å². The van der Waals surface area contributed by atoms with Crippen molar-refractivity contribution >= 4 is 11.6 Å². The van der Waals surface area contributed by atoms with Crippen molar-refractivity contribution in [2.45, 2.75) is 46.0 Å². The van der Waals surface area contributed by atoms with Gasteiger partial charge in [0.25, 0.3) is 0 Å². The average Bonchev–Trinajstić information content (AvgIpc) is 2.55. The molecule has 2 rings (SSSR count). The fourth-order valence-corrected chi connectivity index (χ4v) is 3.29.